The second kappa shape index (κ2) is 11.7. The number of pyridine rings is 1. The van der Waals surface area contributed by atoms with Crippen molar-refractivity contribution in [3.63, 3.8) is 0 Å². The second-order valence-electron chi connectivity index (χ2n) is 8.97. The Balaban J connectivity index is 1.77. The molecule has 1 saturated heterocycles. The van der Waals surface area contributed by atoms with Gasteiger partial charge in [0.25, 0.3) is 17.7 Å². The third kappa shape index (κ3) is 5.83. The smallest absolute Gasteiger partial charge is 0.270 e. The van der Waals surface area contributed by atoms with Gasteiger partial charge in [-0.3, -0.25) is 33.8 Å². The first kappa shape index (κ1) is 26.7. The monoisotopic (exact) mass is 494 g/mol. The molecule has 0 bridgehead atoms. The van der Waals surface area contributed by atoms with Crippen molar-refractivity contribution >= 4 is 29.4 Å². The zero-order valence-electron chi connectivity index (χ0n) is 20.6. The number of aromatic nitrogens is 1. The van der Waals surface area contributed by atoms with Crippen LogP contribution >= 0.6 is 0 Å². The number of Topliss-reactive ketones (excluding diaryl/α,β-unsaturated/α-hetero) is 1. The Hall–Kier alpha value is -3.92. The number of hydroxylamine groups is 2. The quantitative estimate of drug-likeness (QED) is 0.380. The Bertz CT molecular complexity index is 1120. The lowest BCUT2D eigenvalue weighted by molar-refractivity contribution is -0.181. The molecule has 10 heteroatoms. The number of hydrogen-bond donors (Lipinski definition) is 2. The Labute approximate surface area is 209 Å². The lowest BCUT2D eigenvalue weighted by Crippen LogP contribution is -2.49. The molecular weight excluding hydrogens is 464 g/mol. The van der Waals surface area contributed by atoms with Gasteiger partial charge in [0.2, 0.25) is 5.91 Å². The highest BCUT2D eigenvalue weighted by atomic mass is 16.7. The molecule has 190 valence electrons. The van der Waals surface area contributed by atoms with E-state index in [0.717, 1.165) is 0 Å². The van der Waals surface area contributed by atoms with Crippen LogP contribution in [0.1, 0.15) is 49.3 Å². The molecule has 1 aliphatic heterocycles. The molecule has 0 radical (unpaired) electrons. The first-order valence-electron chi connectivity index (χ1n) is 11.7. The van der Waals surface area contributed by atoms with E-state index in [4.69, 9.17) is 4.84 Å². The van der Waals surface area contributed by atoms with Gasteiger partial charge in [0, 0.05) is 6.20 Å². The van der Waals surface area contributed by atoms with Crippen LogP contribution in [0, 0.1) is 17.8 Å². The average molecular weight is 495 g/mol. The molecule has 1 aliphatic rings. The SMILES string of the molecule is CON1C(=O)[C@@H](C(=O)[C@@H](NC(=O)C[C@H](NC(=O)c2ccccn2)c2ccccc2)C(C)C)[C@H](C)C1=O. The number of hydrogen-bond acceptors (Lipinski definition) is 7. The van der Waals surface area contributed by atoms with E-state index in [1.807, 2.05) is 6.07 Å². The highest BCUT2D eigenvalue weighted by Crippen LogP contribution is 2.29. The van der Waals surface area contributed by atoms with Crippen LogP contribution in [-0.2, 0) is 24.0 Å². The highest BCUT2D eigenvalue weighted by molar-refractivity contribution is 6.16. The van der Waals surface area contributed by atoms with Gasteiger partial charge in [-0.1, -0.05) is 57.2 Å². The first-order valence-corrected chi connectivity index (χ1v) is 11.7. The van der Waals surface area contributed by atoms with Gasteiger partial charge in [-0.15, -0.1) is 0 Å². The van der Waals surface area contributed by atoms with Gasteiger partial charge >= 0.3 is 0 Å². The van der Waals surface area contributed by atoms with Crippen molar-refractivity contribution in [1.29, 1.82) is 0 Å². The number of rotatable bonds is 10. The number of carbonyl (C=O) groups is 5. The van der Waals surface area contributed by atoms with Crippen LogP contribution in [0.5, 0.6) is 0 Å². The van der Waals surface area contributed by atoms with Crippen molar-refractivity contribution in [2.24, 2.45) is 17.8 Å². The minimum atomic E-state index is -1.25. The van der Waals surface area contributed by atoms with E-state index in [9.17, 15) is 24.0 Å². The predicted molar refractivity (Wildman–Crippen MR) is 129 cm³/mol. The standard InChI is InChI=1S/C26H30N4O6/c1-15(2)22(23(32)21-16(3)25(34)30(36-4)26(21)35)29-20(31)14-19(17-10-6-5-7-11-17)28-24(33)18-12-8-9-13-27-18/h5-13,15-16,19,21-22H,14H2,1-4H3,(H,28,33)(H,29,31)/t16-,19-,21+,22-/m0/s1. The molecule has 3 rings (SSSR count). The number of amides is 4. The molecule has 4 atom stereocenters. The minimum absolute atomic E-state index is 0.156. The first-order chi connectivity index (χ1) is 17.1. The summed E-state index contributed by atoms with van der Waals surface area (Å²) in [6, 6.07) is 12.2. The summed E-state index contributed by atoms with van der Waals surface area (Å²) < 4.78 is 0. The van der Waals surface area contributed by atoms with Crippen molar-refractivity contribution in [1.82, 2.24) is 20.7 Å². The molecule has 4 amide bonds. The lowest BCUT2D eigenvalue weighted by Gasteiger charge is -2.26. The van der Waals surface area contributed by atoms with Gasteiger partial charge in [-0.2, -0.15) is 5.06 Å². The number of nitrogens with zero attached hydrogens (tertiary/aromatic N) is 2. The summed E-state index contributed by atoms with van der Waals surface area (Å²) in [6.45, 7) is 4.96. The summed E-state index contributed by atoms with van der Waals surface area (Å²) in [4.78, 5) is 73.0. The molecule has 2 heterocycles. The molecule has 0 unspecified atom stereocenters. The number of nitrogens with one attached hydrogen (secondary N) is 2. The largest absolute Gasteiger partial charge is 0.346 e. The van der Waals surface area contributed by atoms with E-state index in [1.165, 1.54) is 20.2 Å². The normalized spacial score (nSPS) is 19.2. The van der Waals surface area contributed by atoms with Crippen molar-refractivity contribution in [3.8, 4) is 0 Å². The van der Waals surface area contributed by atoms with Gasteiger partial charge in [0.1, 0.15) is 11.6 Å². The molecule has 1 aromatic carbocycles. The third-order valence-electron chi connectivity index (χ3n) is 6.13. The molecule has 1 fully saturated rings. The summed E-state index contributed by atoms with van der Waals surface area (Å²) in [6.07, 6.45) is 1.34. The van der Waals surface area contributed by atoms with E-state index in [2.05, 4.69) is 15.6 Å². The zero-order valence-corrected chi connectivity index (χ0v) is 20.6. The van der Waals surface area contributed by atoms with Crippen LogP contribution in [0.25, 0.3) is 0 Å². The minimum Gasteiger partial charge on any atom is -0.346 e. The summed E-state index contributed by atoms with van der Waals surface area (Å²) in [5.74, 6) is -5.36. The molecule has 2 N–H and O–H groups in total. The Kier molecular flexibility index (Phi) is 8.65. The van der Waals surface area contributed by atoms with Crippen LogP contribution in [0.2, 0.25) is 0 Å². The van der Waals surface area contributed by atoms with E-state index in [0.29, 0.717) is 10.6 Å². The number of ketones is 1. The van der Waals surface area contributed by atoms with E-state index in [1.54, 1.807) is 56.3 Å². The molecule has 10 nitrogen and oxygen atoms in total. The predicted octanol–water partition coefficient (Wildman–Crippen LogP) is 1.84. The maximum atomic E-state index is 13.3. The molecule has 2 aromatic rings. The van der Waals surface area contributed by atoms with Gasteiger partial charge in [0.05, 0.1) is 31.5 Å². The Morgan fingerprint density at radius 3 is 2.22 bits per heavy atom. The second-order valence-corrected chi connectivity index (χ2v) is 8.97. The van der Waals surface area contributed by atoms with Crippen LogP contribution in [0.3, 0.4) is 0 Å². The zero-order chi connectivity index (χ0) is 26.4. The number of carbonyl (C=O) groups excluding carboxylic acids is 5. The van der Waals surface area contributed by atoms with Crippen LogP contribution in [-0.4, -0.2) is 52.6 Å². The van der Waals surface area contributed by atoms with Crippen molar-refractivity contribution in [2.45, 2.75) is 39.3 Å². The number of imide groups is 1. The Morgan fingerprint density at radius 2 is 1.67 bits per heavy atom. The van der Waals surface area contributed by atoms with Crippen LogP contribution in [0.15, 0.2) is 54.7 Å². The summed E-state index contributed by atoms with van der Waals surface area (Å²) in [5.41, 5.74) is 0.903. The van der Waals surface area contributed by atoms with Crippen molar-refractivity contribution in [3.05, 3.63) is 66.0 Å². The topological polar surface area (TPSA) is 135 Å². The van der Waals surface area contributed by atoms with Crippen LogP contribution in [0.4, 0.5) is 0 Å². The molecule has 0 aliphatic carbocycles. The third-order valence-corrected chi connectivity index (χ3v) is 6.13. The summed E-state index contributed by atoms with van der Waals surface area (Å²) in [7, 11) is 1.18. The molecule has 36 heavy (non-hydrogen) atoms. The molecular formula is C26H30N4O6. The van der Waals surface area contributed by atoms with Gasteiger partial charge < -0.3 is 10.6 Å². The van der Waals surface area contributed by atoms with E-state index >= 15 is 0 Å². The van der Waals surface area contributed by atoms with Gasteiger partial charge in [-0.25, -0.2) is 0 Å². The fraction of sp³-hybridized carbons (Fsp3) is 0.385. The highest BCUT2D eigenvalue weighted by Gasteiger charge is 2.51. The summed E-state index contributed by atoms with van der Waals surface area (Å²) >= 11 is 0. The Morgan fingerprint density at radius 1 is 1.00 bits per heavy atom. The van der Waals surface area contributed by atoms with Gasteiger partial charge in [0.15, 0.2) is 5.78 Å². The fourth-order valence-electron chi connectivity index (χ4n) is 4.17. The van der Waals surface area contributed by atoms with Gasteiger partial charge in [-0.05, 0) is 23.6 Å². The fourth-order valence-corrected chi connectivity index (χ4v) is 4.17. The van der Waals surface area contributed by atoms with Crippen molar-refractivity contribution < 1.29 is 28.8 Å². The van der Waals surface area contributed by atoms with Crippen LogP contribution < -0.4 is 10.6 Å². The van der Waals surface area contributed by atoms with Crippen molar-refractivity contribution in [2.75, 3.05) is 7.11 Å². The summed E-state index contributed by atoms with van der Waals surface area (Å²) in [5, 5.41) is 6.14. The van der Waals surface area contributed by atoms with E-state index in [-0.39, 0.29) is 18.0 Å². The lowest BCUT2D eigenvalue weighted by atomic mass is 9.85. The average Bonchev–Trinajstić information content (AvgIpc) is 3.09. The maximum absolute atomic E-state index is 13.3. The van der Waals surface area contributed by atoms with E-state index < -0.39 is 53.3 Å². The molecule has 1 aromatic heterocycles. The molecule has 0 saturated carbocycles. The molecule has 0 spiro atoms. The maximum Gasteiger partial charge on any atom is 0.270 e. The number of benzene rings is 1.